The molecule has 0 aliphatic rings. The molecular weight excluding hydrogens is 889 g/mol. The second kappa shape index (κ2) is 59.6. The summed E-state index contributed by atoms with van der Waals surface area (Å²) < 4.78 is 16.8. The summed E-state index contributed by atoms with van der Waals surface area (Å²) in [6, 6.07) is 0. The van der Waals surface area contributed by atoms with Crippen LogP contribution >= 0.6 is 0 Å². The van der Waals surface area contributed by atoms with Gasteiger partial charge >= 0.3 is 17.9 Å². The van der Waals surface area contributed by atoms with E-state index in [4.69, 9.17) is 14.2 Å². The SMILES string of the molecule is CC/C=C\C/C=C\C/C=C\C/C=C\C/C=C\C/C=C\CCCCCCCCCCCCC(=O)OCC(COC(=O)CCCCCCCC)OC(=O)CCCCCCCC/C=C\C/C=C\C/C=C\CCCCC. The maximum absolute atomic E-state index is 12.8. The van der Waals surface area contributed by atoms with Gasteiger partial charge in [-0.1, -0.05) is 252 Å². The fraction of sp³-hybridized carbons (Fsp3) is 0.682. The van der Waals surface area contributed by atoms with E-state index in [1.165, 1.54) is 109 Å². The van der Waals surface area contributed by atoms with Crippen molar-refractivity contribution in [3.05, 3.63) is 109 Å². The number of esters is 3. The van der Waals surface area contributed by atoms with Gasteiger partial charge < -0.3 is 14.2 Å². The van der Waals surface area contributed by atoms with Gasteiger partial charge in [0, 0.05) is 19.3 Å². The highest BCUT2D eigenvalue weighted by Crippen LogP contribution is 2.15. The van der Waals surface area contributed by atoms with E-state index in [-0.39, 0.29) is 31.1 Å². The highest BCUT2D eigenvalue weighted by atomic mass is 16.6. The number of unbranched alkanes of at least 4 members (excludes halogenated alkanes) is 24. The Hall–Kier alpha value is -3.93. The number of carbonyl (C=O) groups excluding carboxylic acids is 3. The van der Waals surface area contributed by atoms with Crippen LogP contribution in [0.2, 0.25) is 0 Å². The number of rotatable bonds is 53. The Balaban J connectivity index is 4.15. The maximum Gasteiger partial charge on any atom is 0.306 e. The third-order valence-corrected chi connectivity index (χ3v) is 12.5. The Morgan fingerprint density at radius 2 is 0.542 bits per heavy atom. The molecule has 0 radical (unpaired) electrons. The van der Waals surface area contributed by atoms with Gasteiger partial charge in [-0.05, 0) is 109 Å². The van der Waals surface area contributed by atoms with Gasteiger partial charge in [-0.15, -0.1) is 0 Å². The third-order valence-electron chi connectivity index (χ3n) is 12.5. The normalized spacial score (nSPS) is 12.9. The average Bonchev–Trinajstić information content (AvgIpc) is 3.38. The largest absolute Gasteiger partial charge is 0.462 e. The topological polar surface area (TPSA) is 78.9 Å². The molecule has 6 nitrogen and oxygen atoms in total. The Kier molecular flexibility index (Phi) is 56.4. The van der Waals surface area contributed by atoms with Gasteiger partial charge in [-0.3, -0.25) is 14.4 Å². The molecule has 0 heterocycles. The van der Waals surface area contributed by atoms with E-state index in [2.05, 4.69) is 130 Å². The molecule has 0 rings (SSSR count). The smallest absolute Gasteiger partial charge is 0.306 e. The molecule has 0 aromatic carbocycles. The second-order valence-electron chi connectivity index (χ2n) is 19.5. The molecule has 0 bridgehead atoms. The molecule has 0 spiro atoms. The first-order valence-electron chi connectivity index (χ1n) is 29.9. The summed E-state index contributed by atoms with van der Waals surface area (Å²) in [6.45, 7) is 6.43. The van der Waals surface area contributed by atoms with Crippen LogP contribution in [-0.4, -0.2) is 37.2 Å². The van der Waals surface area contributed by atoms with Gasteiger partial charge in [0.2, 0.25) is 0 Å². The molecule has 0 saturated carbocycles. The molecule has 6 heteroatoms. The van der Waals surface area contributed by atoms with Crippen molar-refractivity contribution < 1.29 is 28.6 Å². The van der Waals surface area contributed by atoms with Gasteiger partial charge in [0.15, 0.2) is 6.10 Å². The monoisotopic (exact) mass is 999 g/mol. The van der Waals surface area contributed by atoms with Crippen molar-refractivity contribution in [2.24, 2.45) is 0 Å². The minimum absolute atomic E-state index is 0.0849. The lowest BCUT2D eigenvalue weighted by Crippen LogP contribution is -2.30. The average molecular weight is 1000 g/mol. The van der Waals surface area contributed by atoms with Crippen LogP contribution in [0.15, 0.2) is 109 Å². The summed E-state index contributed by atoms with van der Waals surface area (Å²) >= 11 is 0. The summed E-state index contributed by atoms with van der Waals surface area (Å²) in [5, 5.41) is 0. The fourth-order valence-electron chi connectivity index (χ4n) is 8.04. The second-order valence-corrected chi connectivity index (χ2v) is 19.5. The predicted molar refractivity (Wildman–Crippen MR) is 311 cm³/mol. The summed E-state index contributed by atoms with van der Waals surface area (Å²) in [4.78, 5) is 37.9. The molecule has 0 fully saturated rings. The van der Waals surface area contributed by atoms with Crippen molar-refractivity contribution in [2.75, 3.05) is 13.2 Å². The van der Waals surface area contributed by atoms with Gasteiger partial charge in [0.05, 0.1) is 0 Å². The van der Waals surface area contributed by atoms with Crippen molar-refractivity contribution in [1.82, 2.24) is 0 Å². The molecule has 1 unspecified atom stereocenters. The molecule has 0 amide bonds. The first-order chi connectivity index (χ1) is 35.5. The lowest BCUT2D eigenvalue weighted by atomic mass is 10.1. The molecule has 0 saturated heterocycles. The molecule has 0 aromatic rings. The van der Waals surface area contributed by atoms with E-state index < -0.39 is 6.10 Å². The maximum atomic E-state index is 12.8. The lowest BCUT2D eigenvalue weighted by Gasteiger charge is -2.18. The van der Waals surface area contributed by atoms with Gasteiger partial charge in [0.1, 0.15) is 13.2 Å². The van der Waals surface area contributed by atoms with E-state index in [0.29, 0.717) is 19.3 Å². The number of hydrogen-bond acceptors (Lipinski definition) is 6. The third kappa shape index (κ3) is 57.0. The van der Waals surface area contributed by atoms with Crippen LogP contribution in [0.5, 0.6) is 0 Å². The van der Waals surface area contributed by atoms with Crippen LogP contribution in [0.25, 0.3) is 0 Å². The molecule has 0 aliphatic heterocycles. The Morgan fingerprint density at radius 1 is 0.292 bits per heavy atom. The van der Waals surface area contributed by atoms with Crippen LogP contribution in [0, 0.1) is 0 Å². The van der Waals surface area contributed by atoms with Crippen LogP contribution in [0.4, 0.5) is 0 Å². The van der Waals surface area contributed by atoms with Crippen LogP contribution in [0.1, 0.15) is 271 Å². The number of ether oxygens (including phenoxy) is 3. The summed E-state index contributed by atoms with van der Waals surface area (Å²) in [6.07, 6.45) is 81.1. The van der Waals surface area contributed by atoms with Crippen molar-refractivity contribution in [3.63, 3.8) is 0 Å². The molecule has 72 heavy (non-hydrogen) atoms. The Morgan fingerprint density at radius 3 is 0.875 bits per heavy atom. The van der Waals surface area contributed by atoms with Gasteiger partial charge in [0.25, 0.3) is 0 Å². The molecule has 0 N–H and O–H groups in total. The van der Waals surface area contributed by atoms with E-state index in [0.717, 1.165) is 122 Å². The number of allylic oxidation sites excluding steroid dienone is 18. The number of hydrogen-bond donors (Lipinski definition) is 0. The predicted octanol–water partition coefficient (Wildman–Crippen LogP) is 20.3. The molecular formula is C66H110O6. The first kappa shape index (κ1) is 68.1. The Bertz CT molecular complexity index is 1470. The van der Waals surface area contributed by atoms with Crippen molar-refractivity contribution in [3.8, 4) is 0 Å². The summed E-state index contributed by atoms with van der Waals surface area (Å²) in [5.74, 6) is -0.910. The fourth-order valence-corrected chi connectivity index (χ4v) is 8.04. The Labute approximate surface area is 444 Å². The van der Waals surface area contributed by atoms with Crippen LogP contribution < -0.4 is 0 Å². The van der Waals surface area contributed by atoms with Crippen LogP contribution in [0.3, 0.4) is 0 Å². The molecule has 0 aliphatic carbocycles. The standard InChI is InChI=1S/C66H110O6/c1-4-7-10-13-16-18-20-22-24-26-28-29-30-31-32-33-34-35-36-37-39-40-42-44-46-48-50-53-56-59-65(68)71-62-63(61-70-64(67)58-55-52-15-12-9-6-3)72-66(69)60-57-54-51-49-47-45-43-41-38-27-25-23-21-19-17-14-11-8-5-2/h7,10,16-19,22-25,28-29,31-32,34-35,38,41,63H,4-6,8-9,11-15,20-21,26-27,30,33,36-37,39-40,42-62H2,1-3H3/b10-7-,18-16-,19-17-,24-22-,25-23-,29-28-,32-31-,35-34-,41-38-. The van der Waals surface area contributed by atoms with Crippen molar-refractivity contribution in [2.45, 2.75) is 277 Å². The quantitative estimate of drug-likeness (QED) is 0.0261. The zero-order valence-electron chi connectivity index (χ0n) is 46.9. The molecule has 0 aromatic heterocycles. The van der Waals surface area contributed by atoms with E-state index in [1.54, 1.807) is 0 Å². The minimum Gasteiger partial charge on any atom is -0.462 e. The van der Waals surface area contributed by atoms with Crippen LogP contribution in [-0.2, 0) is 28.6 Å². The molecule has 1 atom stereocenters. The zero-order valence-corrected chi connectivity index (χ0v) is 46.9. The first-order valence-corrected chi connectivity index (χ1v) is 29.9. The summed E-state index contributed by atoms with van der Waals surface area (Å²) in [7, 11) is 0. The van der Waals surface area contributed by atoms with Crippen molar-refractivity contribution >= 4 is 17.9 Å². The summed E-state index contributed by atoms with van der Waals surface area (Å²) in [5.41, 5.74) is 0. The zero-order chi connectivity index (χ0) is 52.2. The van der Waals surface area contributed by atoms with E-state index >= 15 is 0 Å². The minimum atomic E-state index is -0.785. The number of carbonyl (C=O) groups is 3. The lowest BCUT2D eigenvalue weighted by molar-refractivity contribution is -0.167. The highest BCUT2D eigenvalue weighted by molar-refractivity contribution is 5.71. The van der Waals surface area contributed by atoms with E-state index in [9.17, 15) is 14.4 Å². The van der Waals surface area contributed by atoms with Gasteiger partial charge in [-0.25, -0.2) is 0 Å². The highest BCUT2D eigenvalue weighted by Gasteiger charge is 2.19. The van der Waals surface area contributed by atoms with Crippen molar-refractivity contribution in [1.29, 1.82) is 0 Å². The molecule has 410 valence electrons. The van der Waals surface area contributed by atoms with E-state index in [1.807, 2.05) is 0 Å². The van der Waals surface area contributed by atoms with Gasteiger partial charge in [-0.2, -0.15) is 0 Å².